The van der Waals surface area contributed by atoms with E-state index in [0.717, 1.165) is 30.7 Å². The summed E-state index contributed by atoms with van der Waals surface area (Å²) in [6.07, 6.45) is 2.56. The second-order valence-electron chi connectivity index (χ2n) is 9.74. The summed E-state index contributed by atoms with van der Waals surface area (Å²) in [7, 11) is 4.09. The highest BCUT2D eigenvalue weighted by Gasteiger charge is 2.30. The van der Waals surface area contributed by atoms with Crippen molar-refractivity contribution in [1.29, 1.82) is 0 Å². The van der Waals surface area contributed by atoms with Gasteiger partial charge in [0, 0.05) is 56.4 Å². The molecule has 2 heterocycles. The highest BCUT2D eigenvalue weighted by Crippen LogP contribution is 2.26. The summed E-state index contributed by atoms with van der Waals surface area (Å²) in [5.74, 6) is -0.531. The van der Waals surface area contributed by atoms with Gasteiger partial charge in [0.05, 0.1) is 16.8 Å². The lowest BCUT2D eigenvalue weighted by molar-refractivity contribution is -0.127. The number of aromatic nitrogens is 1. The van der Waals surface area contributed by atoms with Gasteiger partial charge in [-0.05, 0) is 52.2 Å². The molecule has 0 atom stereocenters. The lowest BCUT2D eigenvalue weighted by Gasteiger charge is -2.34. The van der Waals surface area contributed by atoms with Crippen LogP contribution in [-0.2, 0) is 4.79 Å². The predicted octanol–water partition coefficient (Wildman–Crippen LogP) is 2.66. The smallest absolute Gasteiger partial charge is 0.295 e. The predicted molar refractivity (Wildman–Crippen MR) is 154 cm³/mol. The van der Waals surface area contributed by atoms with Gasteiger partial charge in [0.2, 0.25) is 0 Å². The van der Waals surface area contributed by atoms with Crippen molar-refractivity contribution in [3.05, 3.63) is 65.9 Å². The quantitative estimate of drug-likeness (QED) is 0.129. The summed E-state index contributed by atoms with van der Waals surface area (Å²) in [4.78, 5) is 52.2. The third kappa shape index (κ3) is 6.83. The van der Waals surface area contributed by atoms with Gasteiger partial charge in [-0.15, -0.1) is 0 Å². The maximum Gasteiger partial charge on any atom is 0.295 e. The minimum atomic E-state index is -0.564. The molecular weight excluding hydrogens is 494 g/mol. The Morgan fingerprint density at radius 2 is 1.69 bits per heavy atom. The molecule has 0 aliphatic carbocycles. The first-order valence-electron chi connectivity index (χ1n) is 13.4. The van der Waals surface area contributed by atoms with Gasteiger partial charge in [0.15, 0.2) is 5.96 Å². The molecule has 0 bridgehead atoms. The molecule has 1 saturated heterocycles. The van der Waals surface area contributed by atoms with Crippen LogP contribution in [0.15, 0.2) is 59.7 Å². The molecule has 10 nitrogen and oxygen atoms in total. The van der Waals surface area contributed by atoms with Gasteiger partial charge in [-0.25, -0.2) is 0 Å². The van der Waals surface area contributed by atoms with Gasteiger partial charge in [-0.1, -0.05) is 30.3 Å². The number of benzene rings is 2. The van der Waals surface area contributed by atoms with Crippen LogP contribution in [0.2, 0.25) is 0 Å². The number of ketones is 1. The Labute approximate surface area is 229 Å². The molecule has 206 valence electrons. The number of piperazine rings is 1. The van der Waals surface area contributed by atoms with Crippen molar-refractivity contribution in [1.82, 2.24) is 25.0 Å². The zero-order valence-electron chi connectivity index (χ0n) is 22.9. The van der Waals surface area contributed by atoms with Gasteiger partial charge in [-0.3, -0.25) is 19.4 Å². The molecule has 2 amide bonds. The van der Waals surface area contributed by atoms with Crippen molar-refractivity contribution >= 4 is 40.1 Å². The number of hydrogen-bond donors (Lipinski definition) is 3. The number of carbonyl (C=O) groups is 3. The molecule has 10 heteroatoms. The molecule has 2 aromatic carbocycles. The Morgan fingerprint density at radius 1 is 0.974 bits per heavy atom. The van der Waals surface area contributed by atoms with E-state index >= 15 is 0 Å². The average molecular weight is 532 g/mol. The number of H-pyrrole nitrogens is 1. The van der Waals surface area contributed by atoms with E-state index in [1.807, 2.05) is 57.4 Å². The Hall–Kier alpha value is -4.18. The molecule has 1 aliphatic heterocycles. The standard InChI is InChI=1S/C29H37N7O3/c1-4-30-29(31-14-9-15-34(2)3)33-24-13-8-12-22-23(20-32-25(22)24)26(37)28(39)36-18-16-35(17-19-36)27(38)21-10-6-5-7-11-21/h5-8,10-13,20,32H,4,9,14-19H2,1-3H3,(H2,30,31,33). The number of hydrogen-bond acceptors (Lipinski definition) is 5. The number of aliphatic imine (C=N–C) groups is 1. The van der Waals surface area contributed by atoms with Crippen LogP contribution in [0.1, 0.15) is 34.1 Å². The van der Waals surface area contributed by atoms with Crippen LogP contribution in [0.5, 0.6) is 0 Å². The van der Waals surface area contributed by atoms with Crippen molar-refractivity contribution in [2.45, 2.75) is 13.3 Å². The van der Waals surface area contributed by atoms with Crippen molar-refractivity contribution in [2.75, 3.05) is 65.2 Å². The first-order chi connectivity index (χ1) is 18.9. The molecule has 0 saturated carbocycles. The minimum Gasteiger partial charge on any atom is -0.359 e. The van der Waals surface area contributed by atoms with E-state index in [-0.39, 0.29) is 5.91 Å². The summed E-state index contributed by atoms with van der Waals surface area (Å²) in [5.41, 5.74) is 2.44. The van der Waals surface area contributed by atoms with Gasteiger partial charge in [-0.2, -0.15) is 0 Å². The zero-order valence-corrected chi connectivity index (χ0v) is 22.9. The lowest BCUT2D eigenvalue weighted by Crippen LogP contribution is -2.52. The molecule has 1 aliphatic rings. The molecule has 1 aromatic heterocycles. The maximum absolute atomic E-state index is 13.3. The second kappa shape index (κ2) is 13.1. The van der Waals surface area contributed by atoms with Crippen molar-refractivity contribution < 1.29 is 14.4 Å². The van der Waals surface area contributed by atoms with Crippen LogP contribution in [0.3, 0.4) is 0 Å². The first-order valence-corrected chi connectivity index (χ1v) is 13.4. The van der Waals surface area contributed by atoms with Crippen LogP contribution in [0.4, 0.5) is 5.69 Å². The molecule has 39 heavy (non-hydrogen) atoms. The monoisotopic (exact) mass is 531 g/mol. The van der Waals surface area contributed by atoms with Gasteiger partial charge < -0.3 is 30.3 Å². The van der Waals surface area contributed by atoms with Crippen LogP contribution >= 0.6 is 0 Å². The summed E-state index contributed by atoms with van der Waals surface area (Å²) in [5, 5.41) is 7.35. The largest absolute Gasteiger partial charge is 0.359 e. The lowest BCUT2D eigenvalue weighted by atomic mass is 10.1. The molecule has 3 N–H and O–H groups in total. The summed E-state index contributed by atoms with van der Waals surface area (Å²) in [6, 6.07) is 14.7. The number of anilines is 1. The fraction of sp³-hybridized carbons (Fsp3) is 0.379. The Balaban J connectivity index is 1.41. The number of amides is 2. The number of guanidine groups is 1. The molecular formula is C29H37N7O3. The average Bonchev–Trinajstić information content (AvgIpc) is 3.40. The van der Waals surface area contributed by atoms with Gasteiger partial charge >= 0.3 is 0 Å². The Morgan fingerprint density at radius 3 is 2.38 bits per heavy atom. The number of Topliss-reactive ketones (excluding diaryl/α,β-unsaturated/α-hetero) is 1. The number of nitrogens with zero attached hydrogens (tertiary/aromatic N) is 4. The normalized spacial score (nSPS) is 14.1. The van der Waals surface area contributed by atoms with Crippen LogP contribution in [-0.4, -0.2) is 103 Å². The third-order valence-electron chi connectivity index (χ3n) is 6.67. The number of aromatic amines is 1. The Bertz CT molecular complexity index is 1330. The fourth-order valence-corrected chi connectivity index (χ4v) is 4.61. The summed E-state index contributed by atoms with van der Waals surface area (Å²) in [6.45, 7) is 5.73. The van der Waals surface area contributed by atoms with E-state index < -0.39 is 11.7 Å². The minimum absolute atomic E-state index is 0.0659. The highest BCUT2D eigenvalue weighted by atomic mass is 16.2. The number of nitrogens with one attached hydrogen (secondary N) is 3. The number of para-hydroxylation sites is 1. The zero-order chi connectivity index (χ0) is 27.8. The number of carbonyl (C=O) groups excluding carboxylic acids is 3. The summed E-state index contributed by atoms with van der Waals surface area (Å²) < 4.78 is 0. The third-order valence-corrected chi connectivity index (χ3v) is 6.67. The van der Waals surface area contributed by atoms with E-state index in [1.54, 1.807) is 23.2 Å². The van der Waals surface area contributed by atoms with Crippen LogP contribution in [0.25, 0.3) is 10.9 Å². The Kier molecular flexibility index (Phi) is 9.32. The van der Waals surface area contributed by atoms with E-state index in [4.69, 9.17) is 0 Å². The molecule has 0 unspecified atom stereocenters. The van der Waals surface area contributed by atoms with Crippen molar-refractivity contribution in [3.8, 4) is 0 Å². The molecule has 1 fully saturated rings. The molecule has 3 aromatic rings. The second-order valence-corrected chi connectivity index (χ2v) is 9.74. The SMILES string of the molecule is CC/N=C(\NCCCN(C)C)Nc1cccc2c(C(=O)C(=O)N3CCN(C(=O)c4ccccc4)CC3)c[nH]c12. The van der Waals surface area contributed by atoms with E-state index in [2.05, 4.69) is 25.5 Å². The number of fused-ring (bicyclic) bond motifs is 1. The van der Waals surface area contributed by atoms with Crippen molar-refractivity contribution in [2.24, 2.45) is 4.99 Å². The first kappa shape index (κ1) is 27.8. The molecule has 0 radical (unpaired) electrons. The van der Waals surface area contributed by atoms with Gasteiger partial charge in [0.1, 0.15) is 0 Å². The fourth-order valence-electron chi connectivity index (χ4n) is 4.61. The van der Waals surface area contributed by atoms with Crippen LogP contribution < -0.4 is 10.6 Å². The topological polar surface area (TPSA) is 113 Å². The van der Waals surface area contributed by atoms with Crippen LogP contribution in [0, 0.1) is 0 Å². The van der Waals surface area contributed by atoms with Crippen molar-refractivity contribution in [3.63, 3.8) is 0 Å². The van der Waals surface area contributed by atoms with E-state index in [0.29, 0.717) is 55.2 Å². The molecule has 0 spiro atoms. The summed E-state index contributed by atoms with van der Waals surface area (Å²) >= 11 is 0. The molecule has 4 rings (SSSR count). The van der Waals surface area contributed by atoms with Gasteiger partial charge in [0.25, 0.3) is 17.6 Å². The maximum atomic E-state index is 13.3. The van der Waals surface area contributed by atoms with E-state index in [1.165, 1.54) is 4.90 Å². The van der Waals surface area contributed by atoms with E-state index in [9.17, 15) is 14.4 Å². The highest BCUT2D eigenvalue weighted by molar-refractivity contribution is 6.45. The number of rotatable bonds is 9.